The summed E-state index contributed by atoms with van der Waals surface area (Å²) in [6.07, 6.45) is 6.19. The number of carbonyl (C=O) groups excluding carboxylic acids is 2. The molecule has 2 atom stereocenters. The van der Waals surface area contributed by atoms with E-state index in [0.29, 0.717) is 19.4 Å². The molecule has 2 unspecified atom stereocenters. The highest BCUT2D eigenvalue weighted by atomic mass is 32.1. The number of amides is 2. The lowest BCUT2D eigenvalue weighted by molar-refractivity contribution is -0.137. The van der Waals surface area contributed by atoms with Gasteiger partial charge in [0.15, 0.2) is 0 Å². The molecule has 31 heavy (non-hydrogen) atoms. The number of aromatic nitrogens is 2. The predicted molar refractivity (Wildman–Crippen MR) is 119 cm³/mol. The molecular formula is C22H26N6O2S. The molecule has 1 N–H and O–H groups in total. The van der Waals surface area contributed by atoms with Gasteiger partial charge in [-0.2, -0.15) is 12.6 Å². The Balaban J connectivity index is 1.21. The summed E-state index contributed by atoms with van der Waals surface area (Å²) >= 11 is 4.78. The number of carbonyl (C=O) groups is 2. The van der Waals surface area contributed by atoms with Gasteiger partial charge in [0.25, 0.3) is 0 Å². The van der Waals surface area contributed by atoms with Crippen molar-refractivity contribution in [3.05, 3.63) is 53.5 Å². The van der Waals surface area contributed by atoms with Gasteiger partial charge in [-0.3, -0.25) is 29.7 Å². The minimum absolute atomic E-state index is 0.122. The van der Waals surface area contributed by atoms with Crippen LogP contribution < -0.4 is 10.2 Å². The van der Waals surface area contributed by atoms with Gasteiger partial charge in [0.05, 0.1) is 17.6 Å². The molecule has 162 valence electrons. The van der Waals surface area contributed by atoms with Gasteiger partial charge in [0.1, 0.15) is 5.82 Å². The van der Waals surface area contributed by atoms with Crippen LogP contribution in [0.5, 0.6) is 0 Å². The van der Waals surface area contributed by atoms with E-state index in [1.807, 2.05) is 6.20 Å². The number of thiol groups is 1. The van der Waals surface area contributed by atoms with Gasteiger partial charge in [-0.15, -0.1) is 0 Å². The lowest BCUT2D eigenvalue weighted by atomic mass is 10.0. The van der Waals surface area contributed by atoms with E-state index in [9.17, 15) is 9.59 Å². The Hall–Kier alpha value is -2.49. The number of nitrogens with one attached hydrogen (secondary N) is 1. The normalized spacial score (nSPS) is 24.9. The first-order valence-electron chi connectivity index (χ1n) is 10.7. The van der Waals surface area contributed by atoms with Crippen molar-refractivity contribution in [3.8, 4) is 0 Å². The summed E-state index contributed by atoms with van der Waals surface area (Å²) in [6.45, 7) is 5.41. The summed E-state index contributed by atoms with van der Waals surface area (Å²) in [7, 11) is 0. The van der Waals surface area contributed by atoms with Gasteiger partial charge in [-0.1, -0.05) is 18.2 Å². The first-order valence-corrected chi connectivity index (χ1v) is 11.2. The molecule has 0 spiro atoms. The quantitative estimate of drug-likeness (QED) is 0.551. The fourth-order valence-corrected chi connectivity index (χ4v) is 5.23. The van der Waals surface area contributed by atoms with E-state index in [0.717, 1.165) is 44.1 Å². The molecular weight excluding hydrogens is 412 g/mol. The fourth-order valence-electron chi connectivity index (χ4n) is 4.74. The highest BCUT2D eigenvalue weighted by Crippen LogP contribution is 2.39. The Kier molecular flexibility index (Phi) is 5.64. The number of rotatable bonds is 4. The average Bonchev–Trinajstić information content (AvgIpc) is 3.10. The molecule has 1 aromatic carbocycles. The molecule has 4 heterocycles. The van der Waals surface area contributed by atoms with Crippen molar-refractivity contribution < 1.29 is 9.59 Å². The van der Waals surface area contributed by atoms with Crippen molar-refractivity contribution in [2.75, 3.05) is 31.1 Å². The first-order chi connectivity index (χ1) is 15.1. The zero-order valence-electron chi connectivity index (χ0n) is 17.3. The maximum absolute atomic E-state index is 12.3. The highest BCUT2D eigenvalue weighted by molar-refractivity contribution is 7.80. The number of benzene rings is 1. The molecule has 0 bridgehead atoms. The lowest BCUT2D eigenvalue weighted by Gasteiger charge is -2.35. The summed E-state index contributed by atoms with van der Waals surface area (Å²) < 4.78 is 0. The highest BCUT2D eigenvalue weighted by Gasteiger charge is 2.39. The molecule has 2 aromatic rings. The van der Waals surface area contributed by atoms with Crippen LogP contribution in [0.25, 0.3) is 0 Å². The van der Waals surface area contributed by atoms with Crippen LogP contribution in [0.1, 0.15) is 34.9 Å². The Labute approximate surface area is 187 Å². The van der Waals surface area contributed by atoms with Gasteiger partial charge in [-0.25, -0.2) is 4.98 Å². The molecule has 0 aliphatic carbocycles. The Bertz CT molecular complexity index is 979. The fraction of sp³-hybridized carbons (Fsp3) is 0.455. The molecule has 2 amide bonds. The Morgan fingerprint density at radius 3 is 2.71 bits per heavy atom. The van der Waals surface area contributed by atoms with Crippen LogP contribution >= 0.6 is 12.6 Å². The van der Waals surface area contributed by atoms with Crippen molar-refractivity contribution in [1.82, 2.24) is 25.1 Å². The minimum Gasteiger partial charge on any atom is -0.353 e. The summed E-state index contributed by atoms with van der Waals surface area (Å²) in [5.41, 5.74) is 3.65. The molecule has 2 saturated heterocycles. The second kappa shape index (κ2) is 8.57. The van der Waals surface area contributed by atoms with Gasteiger partial charge < -0.3 is 4.90 Å². The van der Waals surface area contributed by atoms with Crippen LogP contribution in [0.2, 0.25) is 0 Å². The van der Waals surface area contributed by atoms with Crippen LogP contribution in [0.15, 0.2) is 36.8 Å². The van der Waals surface area contributed by atoms with Crippen molar-refractivity contribution >= 4 is 30.3 Å². The van der Waals surface area contributed by atoms with E-state index < -0.39 is 0 Å². The van der Waals surface area contributed by atoms with Gasteiger partial charge in [0.2, 0.25) is 11.8 Å². The van der Waals surface area contributed by atoms with Crippen molar-refractivity contribution in [3.63, 3.8) is 0 Å². The van der Waals surface area contributed by atoms with Crippen molar-refractivity contribution in [1.29, 1.82) is 0 Å². The number of hydrogen-bond acceptors (Lipinski definition) is 8. The molecule has 3 aliphatic heterocycles. The van der Waals surface area contributed by atoms with E-state index in [1.165, 1.54) is 11.1 Å². The first kappa shape index (κ1) is 20.4. The zero-order valence-corrected chi connectivity index (χ0v) is 18.2. The van der Waals surface area contributed by atoms with Crippen molar-refractivity contribution in [2.45, 2.75) is 37.3 Å². The molecule has 5 rings (SSSR count). The number of hydrogen-bond donors (Lipinski definition) is 2. The molecule has 0 saturated carbocycles. The van der Waals surface area contributed by atoms with E-state index in [2.05, 4.69) is 48.2 Å². The number of piperidine rings is 1. The average molecular weight is 439 g/mol. The molecule has 3 aliphatic rings. The predicted octanol–water partition coefficient (Wildman–Crippen LogP) is 1.35. The second-order valence-electron chi connectivity index (χ2n) is 8.37. The molecule has 2 fully saturated rings. The van der Waals surface area contributed by atoms with Crippen LogP contribution in [-0.4, -0.2) is 63.8 Å². The number of fused-ring (bicyclic) bond motifs is 1. The molecule has 9 heteroatoms. The minimum atomic E-state index is -0.301. The maximum atomic E-state index is 12.3. The standard InChI is InChI=1S/C22H26N6O2S/c29-20-4-3-18(21(30)25-20)28-14-16-11-15(1-2-17(16)22(28)31)13-26-7-9-27(10-8-26)19-12-23-5-6-24-19/h1-2,5-6,11-12,18,22,31H,3-4,7-10,13-14H2,(H,25,29,30). The number of nitrogens with zero attached hydrogens (tertiary/aromatic N) is 5. The zero-order chi connectivity index (χ0) is 21.4. The monoisotopic (exact) mass is 438 g/mol. The SMILES string of the molecule is O=C1CCC(N2Cc3cc(CN4CCN(c5cnccn5)CC4)ccc3C2S)C(=O)N1. The van der Waals surface area contributed by atoms with E-state index in [4.69, 9.17) is 12.6 Å². The van der Waals surface area contributed by atoms with E-state index in [-0.39, 0.29) is 23.2 Å². The van der Waals surface area contributed by atoms with Gasteiger partial charge >= 0.3 is 0 Å². The lowest BCUT2D eigenvalue weighted by Crippen LogP contribution is -2.51. The van der Waals surface area contributed by atoms with Gasteiger partial charge in [0, 0.05) is 58.1 Å². The summed E-state index contributed by atoms with van der Waals surface area (Å²) in [5.74, 6) is 0.549. The molecule has 0 radical (unpaired) electrons. The van der Waals surface area contributed by atoms with Crippen LogP contribution in [0.3, 0.4) is 0 Å². The summed E-state index contributed by atoms with van der Waals surface area (Å²) in [5, 5.41) is 2.34. The molecule has 8 nitrogen and oxygen atoms in total. The summed E-state index contributed by atoms with van der Waals surface area (Å²) in [4.78, 5) is 39.2. The van der Waals surface area contributed by atoms with Crippen LogP contribution in [-0.2, 0) is 22.7 Å². The topological polar surface area (TPSA) is 81.7 Å². The smallest absolute Gasteiger partial charge is 0.243 e. The number of imide groups is 1. The Morgan fingerprint density at radius 2 is 1.97 bits per heavy atom. The van der Waals surface area contributed by atoms with Gasteiger partial charge in [-0.05, 0) is 23.1 Å². The van der Waals surface area contributed by atoms with E-state index >= 15 is 0 Å². The third kappa shape index (κ3) is 4.17. The largest absolute Gasteiger partial charge is 0.353 e. The number of piperazine rings is 1. The number of anilines is 1. The third-order valence-corrected chi connectivity index (χ3v) is 6.99. The van der Waals surface area contributed by atoms with Crippen LogP contribution in [0, 0.1) is 0 Å². The molecule has 1 aromatic heterocycles. The van der Waals surface area contributed by atoms with Crippen LogP contribution in [0.4, 0.5) is 5.82 Å². The second-order valence-corrected chi connectivity index (χ2v) is 8.86. The van der Waals surface area contributed by atoms with E-state index in [1.54, 1.807) is 12.4 Å². The maximum Gasteiger partial charge on any atom is 0.243 e. The Morgan fingerprint density at radius 1 is 1.13 bits per heavy atom. The third-order valence-electron chi connectivity index (χ3n) is 6.42. The van der Waals surface area contributed by atoms with Crippen molar-refractivity contribution in [2.24, 2.45) is 0 Å². The summed E-state index contributed by atoms with van der Waals surface area (Å²) in [6, 6.07) is 6.26.